The smallest absolute Gasteiger partial charge is 0.224 e. The molecule has 6 nitrogen and oxygen atoms in total. The number of nitrogens with one attached hydrogen (secondary N) is 1. The van der Waals surface area contributed by atoms with Crippen molar-refractivity contribution in [1.82, 2.24) is 10.2 Å². The molecule has 2 amide bonds. The second-order valence-corrected chi connectivity index (χ2v) is 8.13. The van der Waals surface area contributed by atoms with Gasteiger partial charge in [0.1, 0.15) is 5.75 Å². The highest BCUT2D eigenvalue weighted by molar-refractivity contribution is 5.79. The van der Waals surface area contributed by atoms with Crippen molar-refractivity contribution < 1.29 is 14.3 Å². The van der Waals surface area contributed by atoms with Gasteiger partial charge in [-0.2, -0.15) is 0 Å². The number of para-hydroxylation sites is 1. The first kappa shape index (κ1) is 22.7. The fourth-order valence-electron chi connectivity index (χ4n) is 3.62. The zero-order valence-corrected chi connectivity index (χ0v) is 18.5. The van der Waals surface area contributed by atoms with Gasteiger partial charge in [0.2, 0.25) is 11.8 Å². The van der Waals surface area contributed by atoms with Gasteiger partial charge in [-0.3, -0.25) is 9.59 Å². The molecule has 0 radical (unpaired) electrons. The number of piperazine rings is 1. The van der Waals surface area contributed by atoms with Crippen LogP contribution < -0.4 is 15.0 Å². The zero-order chi connectivity index (χ0) is 22.1. The van der Waals surface area contributed by atoms with E-state index >= 15 is 0 Å². The Morgan fingerprint density at radius 3 is 2.26 bits per heavy atom. The lowest BCUT2D eigenvalue weighted by atomic mass is 10.0. The largest absolute Gasteiger partial charge is 0.493 e. The molecular weight excluding hydrogens is 390 g/mol. The summed E-state index contributed by atoms with van der Waals surface area (Å²) in [6, 6.07) is 18.2. The van der Waals surface area contributed by atoms with E-state index in [1.165, 1.54) is 11.3 Å². The molecule has 166 valence electrons. The molecule has 3 rings (SSSR count). The van der Waals surface area contributed by atoms with Crippen LogP contribution in [-0.2, 0) is 9.59 Å². The lowest BCUT2D eigenvalue weighted by Crippen LogP contribution is -2.49. The summed E-state index contributed by atoms with van der Waals surface area (Å²) >= 11 is 0. The topological polar surface area (TPSA) is 61.9 Å². The minimum Gasteiger partial charge on any atom is -0.493 e. The molecular formula is C25H33N3O3. The highest BCUT2D eigenvalue weighted by Crippen LogP contribution is 2.19. The van der Waals surface area contributed by atoms with Crippen molar-refractivity contribution >= 4 is 17.5 Å². The maximum atomic E-state index is 12.4. The van der Waals surface area contributed by atoms with Gasteiger partial charge in [0, 0.05) is 44.8 Å². The van der Waals surface area contributed by atoms with Crippen LogP contribution in [-0.4, -0.2) is 56.0 Å². The van der Waals surface area contributed by atoms with E-state index in [0.29, 0.717) is 38.6 Å². The van der Waals surface area contributed by atoms with Crippen molar-refractivity contribution in [3.63, 3.8) is 0 Å². The summed E-state index contributed by atoms with van der Waals surface area (Å²) in [7, 11) is 0. The number of hydrogen-bond donors (Lipinski definition) is 1. The zero-order valence-electron chi connectivity index (χ0n) is 18.5. The standard InChI is InChI=1S/C25H33N3O3/c1-20(2)21-8-10-23(11-9-21)31-19-13-24(29)26-14-12-25(30)28-17-15-27(16-18-28)22-6-4-3-5-7-22/h3-11,20H,12-19H2,1-2H3,(H,26,29). The maximum Gasteiger partial charge on any atom is 0.224 e. The number of benzene rings is 2. The molecule has 0 bridgehead atoms. The third kappa shape index (κ3) is 7.02. The number of anilines is 1. The van der Waals surface area contributed by atoms with E-state index in [1.807, 2.05) is 47.4 Å². The van der Waals surface area contributed by atoms with Crippen molar-refractivity contribution in [1.29, 1.82) is 0 Å². The second-order valence-electron chi connectivity index (χ2n) is 8.13. The van der Waals surface area contributed by atoms with Crippen LogP contribution in [0.5, 0.6) is 5.75 Å². The Hall–Kier alpha value is -3.02. The summed E-state index contributed by atoms with van der Waals surface area (Å²) in [6.45, 7) is 8.07. The Kier molecular flexibility index (Phi) is 8.33. The Bertz CT molecular complexity index is 829. The van der Waals surface area contributed by atoms with E-state index in [-0.39, 0.29) is 18.2 Å². The predicted octanol–water partition coefficient (Wildman–Crippen LogP) is 3.43. The SMILES string of the molecule is CC(C)c1ccc(OCCC(=O)NCCC(=O)N2CCN(c3ccccc3)CC2)cc1. The summed E-state index contributed by atoms with van der Waals surface area (Å²) in [5, 5.41) is 2.82. The molecule has 0 atom stereocenters. The summed E-state index contributed by atoms with van der Waals surface area (Å²) in [4.78, 5) is 28.6. The van der Waals surface area contributed by atoms with Crippen LogP contribution in [0.4, 0.5) is 5.69 Å². The number of nitrogens with zero attached hydrogens (tertiary/aromatic N) is 2. The Morgan fingerprint density at radius 1 is 0.935 bits per heavy atom. The van der Waals surface area contributed by atoms with Crippen LogP contribution in [0.1, 0.15) is 38.2 Å². The molecule has 0 saturated carbocycles. The molecule has 1 N–H and O–H groups in total. The van der Waals surface area contributed by atoms with E-state index in [2.05, 4.69) is 36.2 Å². The number of ether oxygens (including phenoxy) is 1. The Labute approximate surface area is 185 Å². The van der Waals surface area contributed by atoms with Crippen LogP contribution in [0.25, 0.3) is 0 Å². The van der Waals surface area contributed by atoms with Gasteiger partial charge in [-0.25, -0.2) is 0 Å². The van der Waals surface area contributed by atoms with Crippen LogP contribution >= 0.6 is 0 Å². The van der Waals surface area contributed by atoms with Gasteiger partial charge >= 0.3 is 0 Å². The number of carbonyl (C=O) groups is 2. The molecule has 1 fully saturated rings. The first-order valence-electron chi connectivity index (χ1n) is 11.1. The number of carbonyl (C=O) groups excluding carboxylic acids is 2. The Morgan fingerprint density at radius 2 is 1.61 bits per heavy atom. The molecule has 1 aliphatic rings. The van der Waals surface area contributed by atoms with Gasteiger partial charge in [0.15, 0.2) is 0 Å². The third-order valence-corrected chi connectivity index (χ3v) is 5.56. The summed E-state index contributed by atoms with van der Waals surface area (Å²) in [5.74, 6) is 1.24. The summed E-state index contributed by atoms with van der Waals surface area (Å²) in [6.07, 6.45) is 0.602. The molecule has 0 spiro atoms. The average molecular weight is 424 g/mol. The lowest BCUT2D eigenvalue weighted by Gasteiger charge is -2.36. The van der Waals surface area contributed by atoms with Gasteiger partial charge in [0.05, 0.1) is 13.0 Å². The molecule has 1 heterocycles. The van der Waals surface area contributed by atoms with Gasteiger partial charge in [-0.1, -0.05) is 44.2 Å². The lowest BCUT2D eigenvalue weighted by molar-refractivity contribution is -0.131. The number of hydrogen-bond acceptors (Lipinski definition) is 4. The van der Waals surface area contributed by atoms with Crippen molar-refractivity contribution in [2.45, 2.75) is 32.6 Å². The highest BCUT2D eigenvalue weighted by atomic mass is 16.5. The summed E-state index contributed by atoms with van der Waals surface area (Å²) in [5.41, 5.74) is 2.45. The molecule has 0 aliphatic carbocycles. The van der Waals surface area contributed by atoms with E-state index in [0.717, 1.165) is 18.8 Å². The first-order chi connectivity index (χ1) is 15.0. The molecule has 6 heteroatoms. The molecule has 2 aromatic rings. The minimum absolute atomic E-state index is 0.0921. The van der Waals surface area contributed by atoms with Crippen molar-refractivity contribution in [2.24, 2.45) is 0 Å². The average Bonchev–Trinajstić information content (AvgIpc) is 2.80. The molecule has 2 aromatic carbocycles. The van der Waals surface area contributed by atoms with E-state index in [4.69, 9.17) is 4.74 Å². The van der Waals surface area contributed by atoms with Crippen molar-refractivity contribution in [3.8, 4) is 5.75 Å². The fourth-order valence-corrected chi connectivity index (χ4v) is 3.62. The van der Waals surface area contributed by atoms with Gasteiger partial charge in [0.25, 0.3) is 0 Å². The van der Waals surface area contributed by atoms with Crippen molar-refractivity contribution in [2.75, 3.05) is 44.2 Å². The molecule has 0 unspecified atom stereocenters. The van der Waals surface area contributed by atoms with Crippen LogP contribution in [0, 0.1) is 0 Å². The number of amides is 2. The third-order valence-electron chi connectivity index (χ3n) is 5.56. The van der Waals surface area contributed by atoms with Crippen LogP contribution in [0.2, 0.25) is 0 Å². The van der Waals surface area contributed by atoms with E-state index in [1.54, 1.807) is 0 Å². The number of rotatable bonds is 9. The molecule has 0 aromatic heterocycles. The fraction of sp³-hybridized carbons (Fsp3) is 0.440. The van der Waals surface area contributed by atoms with Crippen LogP contribution in [0.15, 0.2) is 54.6 Å². The van der Waals surface area contributed by atoms with Gasteiger partial charge in [-0.15, -0.1) is 0 Å². The van der Waals surface area contributed by atoms with Gasteiger partial charge < -0.3 is 19.9 Å². The maximum absolute atomic E-state index is 12.4. The molecule has 31 heavy (non-hydrogen) atoms. The quantitative estimate of drug-likeness (QED) is 0.671. The monoisotopic (exact) mass is 423 g/mol. The summed E-state index contributed by atoms with van der Waals surface area (Å²) < 4.78 is 5.64. The Balaban J connectivity index is 1.28. The molecule has 1 saturated heterocycles. The predicted molar refractivity (Wildman–Crippen MR) is 124 cm³/mol. The van der Waals surface area contributed by atoms with Crippen molar-refractivity contribution in [3.05, 3.63) is 60.2 Å². The highest BCUT2D eigenvalue weighted by Gasteiger charge is 2.20. The minimum atomic E-state index is -0.0968. The van der Waals surface area contributed by atoms with E-state index in [9.17, 15) is 9.59 Å². The van der Waals surface area contributed by atoms with E-state index < -0.39 is 0 Å². The normalized spacial score (nSPS) is 13.9. The van der Waals surface area contributed by atoms with Crippen LogP contribution in [0.3, 0.4) is 0 Å². The van der Waals surface area contributed by atoms with Gasteiger partial charge in [-0.05, 0) is 35.7 Å². The molecule has 1 aliphatic heterocycles. The second kappa shape index (κ2) is 11.4. The first-order valence-corrected chi connectivity index (χ1v) is 11.1.